The average Bonchev–Trinajstić information content (AvgIpc) is 2.52. The zero-order valence-corrected chi connectivity index (χ0v) is 11.1. The highest BCUT2D eigenvalue weighted by Gasteiger charge is 2.13. The molecule has 0 amide bonds. The minimum Gasteiger partial charge on any atom is -0.478 e. The van der Waals surface area contributed by atoms with Crippen LogP contribution < -0.4 is 0 Å². The maximum absolute atomic E-state index is 11.5. The van der Waals surface area contributed by atoms with Crippen LogP contribution in [0.5, 0.6) is 0 Å². The zero-order valence-electron chi connectivity index (χ0n) is 11.1. The van der Waals surface area contributed by atoms with E-state index in [-0.39, 0.29) is 0 Å². The standard InChI is InChI=1S/C18H11NO2/c20-18(21)15-10-12-9-11-5-1-4-8-16(11)19-17(12)14-7-3-2-6-13(14)15/h1-10H,(H,20,21). The number of pyridine rings is 1. The molecule has 0 bridgehead atoms. The van der Waals surface area contributed by atoms with Crippen molar-refractivity contribution < 1.29 is 9.90 Å². The van der Waals surface area contributed by atoms with Crippen LogP contribution in [0.15, 0.2) is 60.7 Å². The third kappa shape index (κ3) is 1.75. The molecule has 3 heteroatoms. The third-order valence-corrected chi connectivity index (χ3v) is 3.76. The summed E-state index contributed by atoms with van der Waals surface area (Å²) in [6.45, 7) is 0. The van der Waals surface area contributed by atoms with Gasteiger partial charge in [-0.2, -0.15) is 0 Å². The van der Waals surface area contributed by atoms with Crippen LogP contribution in [0, 0.1) is 0 Å². The van der Waals surface area contributed by atoms with E-state index in [2.05, 4.69) is 0 Å². The van der Waals surface area contributed by atoms with E-state index in [1.54, 1.807) is 6.07 Å². The van der Waals surface area contributed by atoms with E-state index >= 15 is 0 Å². The molecule has 3 nitrogen and oxygen atoms in total. The van der Waals surface area contributed by atoms with Gasteiger partial charge in [-0.1, -0.05) is 42.5 Å². The Bertz CT molecular complexity index is 1020. The topological polar surface area (TPSA) is 50.2 Å². The molecule has 0 saturated carbocycles. The van der Waals surface area contributed by atoms with Gasteiger partial charge in [0.1, 0.15) is 0 Å². The molecule has 0 aliphatic heterocycles. The predicted molar refractivity (Wildman–Crippen MR) is 83.7 cm³/mol. The number of hydrogen-bond donors (Lipinski definition) is 1. The Kier molecular flexibility index (Phi) is 2.42. The van der Waals surface area contributed by atoms with E-state index in [0.29, 0.717) is 5.56 Å². The van der Waals surface area contributed by atoms with Crippen LogP contribution in [-0.4, -0.2) is 16.1 Å². The molecule has 0 unspecified atom stereocenters. The summed E-state index contributed by atoms with van der Waals surface area (Å²) in [5.74, 6) is -0.916. The van der Waals surface area contributed by atoms with Gasteiger partial charge in [-0.3, -0.25) is 0 Å². The number of rotatable bonds is 1. The summed E-state index contributed by atoms with van der Waals surface area (Å²) >= 11 is 0. The first-order valence-corrected chi connectivity index (χ1v) is 6.68. The number of nitrogens with zero attached hydrogens (tertiary/aromatic N) is 1. The van der Waals surface area contributed by atoms with Crippen molar-refractivity contribution in [1.82, 2.24) is 4.98 Å². The Morgan fingerprint density at radius 2 is 1.57 bits per heavy atom. The molecular weight excluding hydrogens is 262 g/mol. The van der Waals surface area contributed by atoms with Gasteiger partial charge in [-0.05, 0) is 23.6 Å². The number of benzene rings is 3. The van der Waals surface area contributed by atoms with Gasteiger partial charge >= 0.3 is 5.97 Å². The second-order valence-electron chi connectivity index (χ2n) is 5.03. The predicted octanol–water partition coefficient (Wildman–Crippen LogP) is 4.24. The van der Waals surface area contributed by atoms with Crippen molar-refractivity contribution in [3.63, 3.8) is 0 Å². The highest BCUT2D eigenvalue weighted by atomic mass is 16.4. The van der Waals surface area contributed by atoms with Gasteiger partial charge in [0, 0.05) is 16.2 Å². The van der Waals surface area contributed by atoms with Crippen LogP contribution in [0.3, 0.4) is 0 Å². The second-order valence-corrected chi connectivity index (χ2v) is 5.03. The summed E-state index contributed by atoms with van der Waals surface area (Å²) in [4.78, 5) is 16.2. The average molecular weight is 273 g/mol. The molecule has 1 aromatic heterocycles. The van der Waals surface area contributed by atoms with E-state index in [1.807, 2.05) is 54.6 Å². The molecule has 0 radical (unpaired) electrons. The van der Waals surface area contributed by atoms with Crippen molar-refractivity contribution in [2.75, 3.05) is 0 Å². The lowest BCUT2D eigenvalue weighted by atomic mass is 9.99. The number of hydrogen-bond acceptors (Lipinski definition) is 2. The van der Waals surface area contributed by atoms with E-state index in [4.69, 9.17) is 4.98 Å². The van der Waals surface area contributed by atoms with Crippen molar-refractivity contribution >= 4 is 38.5 Å². The lowest BCUT2D eigenvalue weighted by Crippen LogP contribution is -1.98. The molecule has 1 N–H and O–H groups in total. The van der Waals surface area contributed by atoms with E-state index in [1.165, 1.54) is 0 Å². The summed E-state index contributed by atoms with van der Waals surface area (Å²) in [6.07, 6.45) is 0. The molecule has 100 valence electrons. The Hall–Kier alpha value is -2.94. The summed E-state index contributed by atoms with van der Waals surface area (Å²) in [7, 11) is 0. The molecule has 0 aliphatic carbocycles. The minimum absolute atomic E-state index is 0.315. The fourth-order valence-corrected chi connectivity index (χ4v) is 2.79. The van der Waals surface area contributed by atoms with E-state index in [9.17, 15) is 9.90 Å². The Balaban J connectivity index is 2.26. The lowest BCUT2D eigenvalue weighted by Gasteiger charge is -2.08. The van der Waals surface area contributed by atoms with Crippen molar-refractivity contribution in [2.45, 2.75) is 0 Å². The van der Waals surface area contributed by atoms with Gasteiger partial charge in [-0.15, -0.1) is 0 Å². The molecule has 0 spiro atoms. The van der Waals surface area contributed by atoms with Crippen LogP contribution in [0.25, 0.3) is 32.6 Å². The van der Waals surface area contributed by atoms with E-state index < -0.39 is 5.97 Å². The highest BCUT2D eigenvalue weighted by Crippen LogP contribution is 2.29. The number of aromatic carboxylic acids is 1. The first kappa shape index (κ1) is 11.9. The maximum atomic E-state index is 11.5. The normalized spacial score (nSPS) is 11.2. The minimum atomic E-state index is -0.916. The Labute approximate surface area is 120 Å². The molecule has 4 rings (SSSR count). The van der Waals surface area contributed by atoms with E-state index in [0.717, 1.165) is 32.6 Å². The largest absolute Gasteiger partial charge is 0.478 e. The molecule has 21 heavy (non-hydrogen) atoms. The summed E-state index contributed by atoms with van der Waals surface area (Å²) in [5, 5.41) is 12.9. The quantitative estimate of drug-likeness (QED) is 0.417. The van der Waals surface area contributed by atoms with Gasteiger partial charge in [0.25, 0.3) is 0 Å². The van der Waals surface area contributed by atoms with Crippen molar-refractivity contribution in [1.29, 1.82) is 0 Å². The van der Waals surface area contributed by atoms with Crippen LogP contribution >= 0.6 is 0 Å². The smallest absolute Gasteiger partial charge is 0.336 e. The molecule has 0 fully saturated rings. The molecule has 3 aromatic carbocycles. The molecule has 0 aliphatic rings. The first-order chi connectivity index (χ1) is 10.2. The number of carbonyl (C=O) groups is 1. The van der Waals surface area contributed by atoms with Crippen LogP contribution in [-0.2, 0) is 0 Å². The molecule has 0 saturated heterocycles. The highest BCUT2D eigenvalue weighted by molar-refractivity contribution is 6.15. The van der Waals surface area contributed by atoms with Crippen molar-refractivity contribution in [3.8, 4) is 0 Å². The van der Waals surface area contributed by atoms with Gasteiger partial charge in [0.15, 0.2) is 0 Å². The number of fused-ring (bicyclic) bond motifs is 4. The Morgan fingerprint density at radius 3 is 2.38 bits per heavy atom. The fourth-order valence-electron chi connectivity index (χ4n) is 2.79. The van der Waals surface area contributed by atoms with Gasteiger partial charge in [0.2, 0.25) is 0 Å². The lowest BCUT2D eigenvalue weighted by molar-refractivity contribution is 0.0699. The molecule has 4 aromatic rings. The van der Waals surface area contributed by atoms with Crippen molar-refractivity contribution in [2.24, 2.45) is 0 Å². The number of aromatic nitrogens is 1. The SMILES string of the molecule is O=C(O)c1cc2cc3ccccc3nc2c2ccccc12. The Morgan fingerprint density at radius 1 is 0.857 bits per heavy atom. The summed E-state index contributed by atoms with van der Waals surface area (Å²) in [5.41, 5.74) is 2.07. The van der Waals surface area contributed by atoms with Crippen LogP contribution in [0.1, 0.15) is 10.4 Å². The van der Waals surface area contributed by atoms with Gasteiger partial charge < -0.3 is 5.11 Å². The maximum Gasteiger partial charge on any atom is 0.336 e. The van der Waals surface area contributed by atoms with Gasteiger partial charge in [-0.25, -0.2) is 9.78 Å². The fraction of sp³-hybridized carbons (Fsp3) is 0. The summed E-state index contributed by atoms with van der Waals surface area (Å²) in [6, 6.07) is 19.1. The summed E-state index contributed by atoms with van der Waals surface area (Å²) < 4.78 is 0. The molecule has 1 heterocycles. The molecule has 0 atom stereocenters. The van der Waals surface area contributed by atoms with Crippen LogP contribution in [0.2, 0.25) is 0 Å². The number of carboxylic acids is 1. The number of carboxylic acid groups (broad SMARTS) is 1. The second kappa shape index (κ2) is 4.28. The first-order valence-electron chi connectivity index (χ1n) is 6.68. The number of para-hydroxylation sites is 1. The monoisotopic (exact) mass is 273 g/mol. The zero-order chi connectivity index (χ0) is 14.4. The van der Waals surface area contributed by atoms with Gasteiger partial charge in [0.05, 0.1) is 16.6 Å². The molecular formula is C18H11NO2. The van der Waals surface area contributed by atoms with Crippen LogP contribution in [0.4, 0.5) is 0 Å². The van der Waals surface area contributed by atoms with Crippen molar-refractivity contribution in [3.05, 3.63) is 66.2 Å². The third-order valence-electron chi connectivity index (χ3n) is 3.76.